The Morgan fingerprint density at radius 1 is 0.553 bits per heavy atom. The molecule has 2 aliphatic carbocycles. The minimum absolute atomic E-state index is 0.200. The van der Waals surface area contributed by atoms with Crippen molar-refractivity contribution in [3.05, 3.63) is 97.0 Å². The van der Waals surface area contributed by atoms with Crippen molar-refractivity contribution in [2.45, 2.75) is 65.7 Å². The predicted molar refractivity (Wildman–Crippen MR) is 192 cm³/mol. The van der Waals surface area contributed by atoms with Gasteiger partial charge in [0, 0.05) is 29.2 Å². The maximum Gasteiger partial charge on any atom is 0.123 e. The van der Waals surface area contributed by atoms with Gasteiger partial charge >= 0.3 is 0 Å². The highest BCUT2D eigenvalue weighted by molar-refractivity contribution is 6.03. The Labute approximate surface area is 277 Å². The number of hydrogen-bond donors (Lipinski definition) is 5. The molecule has 0 bridgehead atoms. The zero-order chi connectivity index (χ0) is 32.4. The van der Waals surface area contributed by atoms with Crippen molar-refractivity contribution < 1.29 is 0 Å². The standard InChI is InChI=1S/C40H45N7/c1-21-22(2)36(21)44-25(5)39-42-19-34(46-39)29-11-7-27(8-12-29)31-15-16-32(38-33(31)17-18-41-38)28-9-13-30(14-10-28)35-20-43-40(47-35)26(6)45-37-23(3)24(37)4/h7-26,36-37,41,44-45H,1-6H3,(H,42,46)(H,43,47). The zero-order valence-corrected chi connectivity index (χ0v) is 28.1. The Balaban J connectivity index is 0.980. The summed E-state index contributed by atoms with van der Waals surface area (Å²) in [5.74, 6) is 4.91. The molecule has 2 aliphatic rings. The van der Waals surface area contributed by atoms with Crippen LogP contribution in [0.3, 0.4) is 0 Å². The summed E-state index contributed by atoms with van der Waals surface area (Å²) in [4.78, 5) is 20.0. The molecule has 0 radical (unpaired) electrons. The first-order valence-corrected chi connectivity index (χ1v) is 17.2. The van der Waals surface area contributed by atoms with E-state index < -0.39 is 0 Å². The SMILES string of the molecule is CC(NC1C(C)C1C)c1ncc(-c2ccc(-c3ccc(-c4ccc(-c5cnc(C(C)NC6C(C)C6C)[nH]5)cc4)c4[nH]ccc34)cc2)[nH]1. The van der Waals surface area contributed by atoms with Crippen LogP contribution >= 0.6 is 0 Å². The lowest BCUT2D eigenvalue weighted by atomic mass is 9.95. The molecular weight excluding hydrogens is 578 g/mol. The van der Waals surface area contributed by atoms with Crippen LogP contribution in [-0.2, 0) is 0 Å². The lowest BCUT2D eigenvalue weighted by Crippen LogP contribution is -2.23. The molecule has 3 aromatic carbocycles. The molecule has 0 spiro atoms. The van der Waals surface area contributed by atoms with Gasteiger partial charge in [0.25, 0.3) is 0 Å². The Morgan fingerprint density at radius 3 is 1.45 bits per heavy atom. The topological polar surface area (TPSA) is 97.2 Å². The molecule has 7 nitrogen and oxygen atoms in total. The lowest BCUT2D eigenvalue weighted by Gasteiger charge is -2.11. The first-order chi connectivity index (χ1) is 22.8. The van der Waals surface area contributed by atoms with E-state index in [1.807, 2.05) is 18.6 Å². The van der Waals surface area contributed by atoms with E-state index in [4.69, 9.17) is 9.97 Å². The second-order valence-electron chi connectivity index (χ2n) is 14.2. The molecule has 6 atom stereocenters. The Kier molecular flexibility index (Phi) is 7.42. The van der Waals surface area contributed by atoms with E-state index >= 15 is 0 Å². The van der Waals surface area contributed by atoms with Gasteiger partial charge in [0.05, 0.1) is 41.4 Å². The molecule has 8 rings (SSSR count). The van der Waals surface area contributed by atoms with Crippen molar-refractivity contribution in [3.8, 4) is 44.8 Å². The van der Waals surface area contributed by atoms with Crippen molar-refractivity contribution in [2.24, 2.45) is 23.7 Å². The number of fused-ring (bicyclic) bond motifs is 1. The molecule has 0 amide bonds. The van der Waals surface area contributed by atoms with E-state index in [2.05, 4.69) is 134 Å². The predicted octanol–water partition coefficient (Wildman–Crippen LogP) is 8.89. The van der Waals surface area contributed by atoms with Gasteiger partial charge < -0.3 is 25.6 Å². The normalized spacial score (nSPS) is 24.8. The third-order valence-corrected chi connectivity index (χ3v) is 11.3. The van der Waals surface area contributed by atoms with Crippen LogP contribution in [0.4, 0.5) is 0 Å². The number of imidazole rings is 2. The Morgan fingerprint density at radius 2 is 0.979 bits per heavy atom. The van der Waals surface area contributed by atoms with Gasteiger partial charge in [0.1, 0.15) is 11.6 Å². The summed E-state index contributed by atoms with van der Waals surface area (Å²) in [7, 11) is 0. The third-order valence-electron chi connectivity index (χ3n) is 11.3. The number of H-pyrrole nitrogens is 3. The number of nitrogens with zero attached hydrogens (tertiary/aromatic N) is 2. The summed E-state index contributed by atoms with van der Waals surface area (Å²) in [6.45, 7) is 13.6. The van der Waals surface area contributed by atoms with Crippen LogP contribution < -0.4 is 10.6 Å². The first-order valence-electron chi connectivity index (χ1n) is 17.2. The largest absolute Gasteiger partial charge is 0.361 e. The van der Waals surface area contributed by atoms with E-state index in [0.717, 1.165) is 63.4 Å². The summed E-state index contributed by atoms with van der Waals surface area (Å²) in [5.41, 5.74) is 10.3. The van der Waals surface area contributed by atoms with Crippen LogP contribution in [-0.4, -0.2) is 37.0 Å². The lowest BCUT2D eigenvalue weighted by molar-refractivity contribution is 0.522. The molecule has 2 saturated carbocycles. The van der Waals surface area contributed by atoms with Gasteiger partial charge in [-0.1, -0.05) is 88.4 Å². The number of benzene rings is 3. The van der Waals surface area contributed by atoms with E-state index in [1.165, 1.54) is 27.6 Å². The van der Waals surface area contributed by atoms with Gasteiger partial charge in [-0.25, -0.2) is 9.97 Å². The number of hydrogen-bond acceptors (Lipinski definition) is 4. The zero-order valence-electron chi connectivity index (χ0n) is 28.1. The van der Waals surface area contributed by atoms with Crippen LogP contribution in [0.5, 0.6) is 0 Å². The second kappa shape index (κ2) is 11.7. The second-order valence-corrected chi connectivity index (χ2v) is 14.2. The van der Waals surface area contributed by atoms with Crippen LogP contribution in [0, 0.1) is 23.7 Å². The molecule has 240 valence electrons. The van der Waals surface area contributed by atoms with Crippen molar-refractivity contribution in [2.75, 3.05) is 0 Å². The van der Waals surface area contributed by atoms with Gasteiger partial charge in [-0.2, -0.15) is 0 Å². The van der Waals surface area contributed by atoms with Gasteiger partial charge in [0.2, 0.25) is 0 Å². The van der Waals surface area contributed by atoms with E-state index in [9.17, 15) is 0 Å². The summed E-state index contributed by atoms with van der Waals surface area (Å²) >= 11 is 0. The molecule has 2 fully saturated rings. The maximum atomic E-state index is 4.69. The molecule has 3 aromatic heterocycles. The van der Waals surface area contributed by atoms with Crippen LogP contribution in [0.1, 0.15) is 65.3 Å². The molecule has 3 heterocycles. The van der Waals surface area contributed by atoms with Crippen molar-refractivity contribution in [1.82, 2.24) is 35.6 Å². The van der Waals surface area contributed by atoms with Crippen molar-refractivity contribution >= 4 is 10.9 Å². The minimum atomic E-state index is 0.200. The molecule has 47 heavy (non-hydrogen) atoms. The maximum absolute atomic E-state index is 4.69. The number of aromatic nitrogens is 5. The van der Waals surface area contributed by atoms with Crippen LogP contribution in [0.15, 0.2) is 85.3 Å². The van der Waals surface area contributed by atoms with Gasteiger partial charge in [-0.05, 0) is 71.4 Å². The Bertz CT molecular complexity index is 1850. The number of nitrogens with one attached hydrogen (secondary N) is 5. The van der Waals surface area contributed by atoms with Crippen LogP contribution in [0.2, 0.25) is 0 Å². The average Bonchev–Trinajstić information content (AvgIpc) is 3.64. The Hall–Kier alpha value is -4.46. The molecule has 0 aliphatic heterocycles. The molecule has 0 saturated heterocycles. The highest BCUT2D eigenvalue weighted by Crippen LogP contribution is 2.40. The summed E-state index contributed by atoms with van der Waals surface area (Å²) in [6.07, 6.45) is 5.94. The first kappa shape index (κ1) is 29.9. The molecule has 6 aromatic rings. The van der Waals surface area contributed by atoms with E-state index in [-0.39, 0.29) is 12.1 Å². The monoisotopic (exact) mass is 623 g/mol. The molecule has 6 unspecified atom stereocenters. The fourth-order valence-corrected chi connectivity index (χ4v) is 7.38. The summed E-state index contributed by atoms with van der Waals surface area (Å²) < 4.78 is 0. The summed E-state index contributed by atoms with van der Waals surface area (Å²) in [5, 5.41) is 8.65. The van der Waals surface area contributed by atoms with E-state index in [1.54, 1.807) is 0 Å². The fraction of sp³-hybridized carbons (Fsp3) is 0.350. The third kappa shape index (κ3) is 5.51. The highest BCUT2D eigenvalue weighted by Gasteiger charge is 2.44. The highest BCUT2D eigenvalue weighted by atomic mass is 15.1. The molecule has 7 heteroatoms. The number of aromatic amines is 3. The van der Waals surface area contributed by atoms with Crippen molar-refractivity contribution in [3.63, 3.8) is 0 Å². The van der Waals surface area contributed by atoms with Gasteiger partial charge in [0.15, 0.2) is 0 Å². The molecular formula is C40H45N7. The summed E-state index contributed by atoms with van der Waals surface area (Å²) in [6, 6.07) is 25.8. The fourth-order valence-electron chi connectivity index (χ4n) is 7.38. The van der Waals surface area contributed by atoms with Crippen LogP contribution in [0.25, 0.3) is 55.7 Å². The quantitative estimate of drug-likeness (QED) is 0.105. The van der Waals surface area contributed by atoms with Gasteiger partial charge in [-0.3, -0.25) is 0 Å². The molecule has 5 N–H and O–H groups in total. The van der Waals surface area contributed by atoms with Crippen molar-refractivity contribution in [1.29, 1.82) is 0 Å². The minimum Gasteiger partial charge on any atom is -0.361 e. The van der Waals surface area contributed by atoms with E-state index in [0.29, 0.717) is 12.1 Å². The smallest absolute Gasteiger partial charge is 0.123 e. The number of rotatable bonds is 10. The van der Waals surface area contributed by atoms with Gasteiger partial charge in [-0.15, -0.1) is 0 Å². The average molecular weight is 624 g/mol.